The lowest BCUT2D eigenvalue weighted by Gasteiger charge is -2.23. The lowest BCUT2D eigenvalue weighted by Crippen LogP contribution is -2.42. The lowest BCUT2D eigenvalue weighted by molar-refractivity contribution is -0.139. The average molecular weight is 527 g/mol. The van der Waals surface area contributed by atoms with E-state index < -0.39 is 14.8 Å². The van der Waals surface area contributed by atoms with E-state index in [0.29, 0.717) is 37.7 Å². The van der Waals surface area contributed by atoms with E-state index in [1.54, 1.807) is 28.3 Å². The van der Waals surface area contributed by atoms with Crippen LogP contribution >= 0.6 is 0 Å². The molecule has 1 unspecified atom stereocenters. The van der Waals surface area contributed by atoms with Crippen molar-refractivity contribution in [2.24, 2.45) is 5.73 Å². The van der Waals surface area contributed by atoms with Gasteiger partial charge in [-0.15, -0.1) is 0 Å². The summed E-state index contributed by atoms with van der Waals surface area (Å²) in [7, 11) is 3.39. The second-order valence-electron chi connectivity index (χ2n) is 7.35. The number of ether oxygens (including phenoxy) is 2. The molecule has 0 aliphatic carbocycles. The fourth-order valence-corrected chi connectivity index (χ4v) is 4.85. The van der Waals surface area contributed by atoms with E-state index in [-0.39, 0.29) is 12.0 Å². The van der Waals surface area contributed by atoms with E-state index in [9.17, 15) is 9.59 Å². The number of nitrogens with two attached hydrogens (primary N) is 1. The Hall–Kier alpha value is -2.09. The van der Waals surface area contributed by atoms with Crippen LogP contribution < -0.4 is 5.73 Å². The van der Waals surface area contributed by atoms with Gasteiger partial charge in [-0.2, -0.15) is 0 Å². The van der Waals surface area contributed by atoms with Gasteiger partial charge in [0.15, 0.2) is 0 Å². The molecule has 0 amide bonds. The van der Waals surface area contributed by atoms with Crippen LogP contribution in [0, 0.1) is 6.92 Å². The van der Waals surface area contributed by atoms with Crippen LogP contribution in [0.2, 0.25) is 12.1 Å². The van der Waals surface area contributed by atoms with Gasteiger partial charge in [0.1, 0.15) is 0 Å². The van der Waals surface area contributed by atoms with E-state index >= 15 is 0 Å². The summed E-state index contributed by atoms with van der Waals surface area (Å²) in [5, 5.41) is 0. The molecule has 10 heteroatoms. The monoisotopic (exact) mass is 526 g/mol. The van der Waals surface area contributed by atoms with E-state index in [1.807, 2.05) is 18.2 Å². The summed E-state index contributed by atoms with van der Waals surface area (Å²) in [6, 6.07) is 12.5. The van der Waals surface area contributed by atoms with Crippen molar-refractivity contribution in [2.45, 2.75) is 44.3 Å². The number of benzene rings is 1. The highest BCUT2D eigenvalue weighted by atomic mass is 28.4. The molecule has 199 valence electrons. The highest BCUT2D eigenvalue weighted by molar-refractivity contribution is 6.60. The maximum atomic E-state index is 10.7. The van der Waals surface area contributed by atoms with Crippen molar-refractivity contribution in [1.29, 1.82) is 0 Å². The van der Waals surface area contributed by atoms with E-state index in [0.717, 1.165) is 12.5 Å². The molecule has 0 aromatic heterocycles. The number of esters is 2. The number of carbonyl (C=O) groups excluding carboxylic acids is 2. The van der Waals surface area contributed by atoms with Crippen molar-refractivity contribution in [3.8, 4) is 0 Å². The zero-order chi connectivity index (χ0) is 27.1. The minimum Gasteiger partial charge on any atom is -0.463 e. The quantitative estimate of drug-likeness (QED) is 0.171. The summed E-state index contributed by atoms with van der Waals surface area (Å²) in [6.45, 7) is 12.5. The van der Waals surface area contributed by atoms with Crippen LogP contribution in [0.15, 0.2) is 55.1 Å². The van der Waals surface area contributed by atoms with Gasteiger partial charge in [0.2, 0.25) is 0 Å². The van der Waals surface area contributed by atoms with Gasteiger partial charge in [0, 0.05) is 55.3 Å². The van der Waals surface area contributed by atoms with Gasteiger partial charge < -0.3 is 28.5 Å². The first-order chi connectivity index (χ1) is 16.7. The highest BCUT2D eigenvalue weighted by Gasteiger charge is 2.36. The fourth-order valence-electron chi connectivity index (χ4n) is 2.54. The molecule has 1 aromatic rings. The zero-order valence-electron chi connectivity index (χ0n) is 22.0. The fraction of sp³-hybridized carbons (Fsp3) is 0.480. The lowest BCUT2D eigenvalue weighted by atomic mass is 10.1. The average Bonchev–Trinajstić information content (AvgIpc) is 2.89. The second-order valence-corrected chi connectivity index (χ2v) is 11.4. The van der Waals surface area contributed by atoms with Crippen LogP contribution in [-0.2, 0) is 32.3 Å². The normalized spacial score (nSPS) is 11.1. The van der Waals surface area contributed by atoms with Gasteiger partial charge in [0.25, 0.3) is 0 Å². The molecular weight excluding hydrogens is 482 g/mol. The van der Waals surface area contributed by atoms with Crippen molar-refractivity contribution in [2.75, 3.05) is 34.5 Å². The molecule has 1 rings (SSSR count). The molecule has 35 heavy (non-hydrogen) atoms. The van der Waals surface area contributed by atoms with E-state index in [4.69, 9.17) is 23.7 Å². The third-order valence-electron chi connectivity index (χ3n) is 4.52. The van der Waals surface area contributed by atoms with Gasteiger partial charge in [-0.05, 0) is 38.7 Å². The zero-order valence-corrected chi connectivity index (χ0v) is 25.0. The molecule has 8 nitrogen and oxygen atoms in total. The smallest absolute Gasteiger partial charge is 0.463 e. The molecule has 0 aliphatic rings. The first-order valence-corrected chi connectivity index (χ1v) is 14.9. The van der Waals surface area contributed by atoms with Crippen molar-refractivity contribution in [1.82, 2.24) is 0 Å². The van der Waals surface area contributed by atoms with Crippen LogP contribution in [0.25, 0.3) is 0 Å². The Bertz CT molecular complexity index is 705. The summed E-state index contributed by atoms with van der Waals surface area (Å²) < 4.78 is 25.1. The van der Waals surface area contributed by atoms with Gasteiger partial charge in [-0.3, -0.25) is 0 Å². The van der Waals surface area contributed by atoms with Gasteiger partial charge in [-0.1, -0.05) is 49.5 Å². The maximum absolute atomic E-state index is 10.7. The minimum absolute atomic E-state index is 0.258. The molecule has 0 saturated carbocycles. The van der Waals surface area contributed by atoms with Gasteiger partial charge in [-0.25, -0.2) is 9.59 Å². The predicted molar refractivity (Wildman–Crippen MR) is 146 cm³/mol. The van der Waals surface area contributed by atoms with Crippen molar-refractivity contribution in [3.63, 3.8) is 0 Å². The van der Waals surface area contributed by atoms with E-state index in [1.165, 1.54) is 21.9 Å². The number of carbonyl (C=O) groups is 2. The first kappa shape index (κ1) is 35.1. The summed E-state index contributed by atoms with van der Waals surface area (Å²) in [5.41, 5.74) is 7.63. The van der Waals surface area contributed by atoms with Gasteiger partial charge >= 0.3 is 20.7 Å². The third-order valence-corrected chi connectivity index (χ3v) is 7.93. The van der Waals surface area contributed by atoms with Crippen LogP contribution in [0.4, 0.5) is 0 Å². The summed E-state index contributed by atoms with van der Waals surface area (Å²) in [6.07, 6.45) is 3.52. The summed E-state index contributed by atoms with van der Waals surface area (Å²) in [4.78, 5) is 21.3. The Morgan fingerprint density at radius 3 is 2.09 bits per heavy atom. The molecular formula is C25H44NO7Si2. The molecule has 0 spiro atoms. The molecule has 1 aromatic carbocycles. The van der Waals surface area contributed by atoms with Crippen molar-refractivity contribution in [3.05, 3.63) is 67.6 Å². The summed E-state index contributed by atoms with van der Waals surface area (Å²) in [5.74, 6) is -0.756. The van der Waals surface area contributed by atoms with Crippen molar-refractivity contribution >= 4 is 31.0 Å². The molecule has 2 N–H and O–H groups in total. The highest BCUT2D eigenvalue weighted by Crippen LogP contribution is 2.15. The van der Waals surface area contributed by atoms with Crippen LogP contribution in [-0.4, -0.2) is 65.5 Å². The van der Waals surface area contributed by atoms with E-state index in [2.05, 4.69) is 37.0 Å². The van der Waals surface area contributed by atoms with Crippen LogP contribution in [0.3, 0.4) is 0 Å². The minimum atomic E-state index is -2.52. The number of hydrogen-bond donors (Lipinski definition) is 1. The number of hydrogen-bond acceptors (Lipinski definition) is 8. The molecule has 0 fully saturated rings. The predicted octanol–water partition coefficient (Wildman–Crippen LogP) is 3.17. The van der Waals surface area contributed by atoms with Gasteiger partial charge in [0.05, 0.1) is 13.2 Å². The summed E-state index contributed by atoms with van der Waals surface area (Å²) >= 11 is 0. The first-order valence-electron chi connectivity index (χ1n) is 11.5. The molecule has 0 heterocycles. The Morgan fingerprint density at radius 2 is 1.66 bits per heavy atom. The number of rotatable bonds is 14. The third kappa shape index (κ3) is 17.9. The maximum Gasteiger partial charge on any atom is 0.500 e. The standard InChI is InChI=1S/C9H15NSi.C9H18O5Si.C7H11O2/c10-9(6-7-11)8-4-2-1-3-5-8;1-5-9(10)14-7-6-8-15(11-2,12-3)13-4;1-4-5-9-7(8)6(2)3/h1-5,9H,6-7,10H2,11H3;5H,1,6-8H2,2-4H3;1-2,4-5H2,3H3. The molecule has 0 aliphatic heterocycles. The molecule has 1 atom stereocenters. The Morgan fingerprint density at radius 1 is 1.09 bits per heavy atom. The topological polar surface area (TPSA) is 106 Å². The van der Waals surface area contributed by atoms with Crippen LogP contribution in [0.5, 0.6) is 0 Å². The molecule has 1 radical (unpaired) electrons. The molecule has 0 bridgehead atoms. The second kappa shape index (κ2) is 22.4. The Balaban J connectivity index is 0. The van der Waals surface area contributed by atoms with Crippen molar-refractivity contribution < 1.29 is 32.3 Å². The Kier molecular flexibility index (Phi) is 22.4. The molecule has 0 saturated heterocycles. The SMILES string of the molecule is C=CC(=O)OCCC[Si](OC)(OC)OC.NC(CC[SiH3])c1ccccc1.[CH2]CCOC(=O)C(=C)C. The van der Waals surface area contributed by atoms with Crippen LogP contribution in [0.1, 0.15) is 37.8 Å². The largest absolute Gasteiger partial charge is 0.500 e. The Labute approximate surface area is 215 Å².